The van der Waals surface area contributed by atoms with Crippen molar-refractivity contribution in [2.45, 2.75) is 19.9 Å². The molecule has 0 aromatic heterocycles. The molecule has 0 heterocycles. The first-order valence-electron chi connectivity index (χ1n) is 4.88. The topological polar surface area (TPSA) is 63.4 Å². The van der Waals surface area contributed by atoms with Gasteiger partial charge in [0.05, 0.1) is 10.0 Å². The lowest BCUT2D eigenvalue weighted by molar-refractivity contribution is -0.123. The number of anilines is 1. The number of primary amides is 1. The molecule has 2 N–H and O–H groups in total. The smallest absolute Gasteiger partial charge is 0.240 e. The molecule has 1 rings (SSSR count). The first kappa shape index (κ1) is 13.8. The molecule has 1 aromatic rings. The van der Waals surface area contributed by atoms with E-state index in [-0.39, 0.29) is 5.91 Å². The van der Waals surface area contributed by atoms with E-state index in [0.29, 0.717) is 15.7 Å². The first-order chi connectivity index (χ1) is 7.84. The van der Waals surface area contributed by atoms with Gasteiger partial charge in [0, 0.05) is 12.6 Å². The van der Waals surface area contributed by atoms with Gasteiger partial charge < -0.3 is 10.6 Å². The normalized spacial score (nSPS) is 12.0. The van der Waals surface area contributed by atoms with Crippen molar-refractivity contribution < 1.29 is 9.59 Å². The van der Waals surface area contributed by atoms with E-state index in [4.69, 9.17) is 28.9 Å². The highest BCUT2D eigenvalue weighted by atomic mass is 35.5. The Hall–Kier alpha value is -1.26. The van der Waals surface area contributed by atoms with E-state index in [0.717, 1.165) is 0 Å². The standard InChI is InChI=1S/C11H12Cl2N2O2/c1-6(11(14)17)15(7(2)16)8-3-4-9(12)10(13)5-8/h3-6H,1-2H3,(H2,14,17). The first-order valence-corrected chi connectivity index (χ1v) is 5.64. The van der Waals surface area contributed by atoms with Gasteiger partial charge in [-0.15, -0.1) is 0 Å². The maximum Gasteiger partial charge on any atom is 0.240 e. The van der Waals surface area contributed by atoms with Crippen LogP contribution in [0.1, 0.15) is 13.8 Å². The van der Waals surface area contributed by atoms with E-state index in [1.54, 1.807) is 19.1 Å². The van der Waals surface area contributed by atoms with Crippen LogP contribution in [0.2, 0.25) is 10.0 Å². The summed E-state index contributed by atoms with van der Waals surface area (Å²) in [7, 11) is 0. The SMILES string of the molecule is CC(=O)N(c1ccc(Cl)c(Cl)c1)C(C)C(N)=O. The van der Waals surface area contributed by atoms with Crippen LogP contribution in [0.15, 0.2) is 18.2 Å². The van der Waals surface area contributed by atoms with Gasteiger partial charge in [0.15, 0.2) is 0 Å². The monoisotopic (exact) mass is 274 g/mol. The van der Waals surface area contributed by atoms with Crippen molar-refractivity contribution in [1.82, 2.24) is 0 Å². The van der Waals surface area contributed by atoms with Crippen LogP contribution in [-0.4, -0.2) is 17.9 Å². The highest BCUT2D eigenvalue weighted by Gasteiger charge is 2.23. The van der Waals surface area contributed by atoms with E-state index in [1.165, 1.54) is 17.9 Å². The molecule has 1 atom stereocenters. The Morgan fingerprint density at radius 1 is 1.29 bits per heavy atom. The molecule has 0 fully saturated rings. The van der Waals surface area contributed by atoms with E-state index >= 15 is 0 Å². The molecule has 1 aromatic carbocycles. The summed E-state index contributed by atoms with van der Waals surface area (Å²) in [6, 6.07) is 3.94. The summed E-state index contributed by atoms with van der Waals surface area (Å²) < 4.78 is 0. The number of amides is 2. The molecule has 4 nitrogen and oxygen atoms in total. The van der Waals surface area contributed by atoms with Crippen molar-refractivity contribution in [2.24, 2.45) is 5.73 Å². The Morgan fingerprint density at radius 3 is 2.29 bits per heavy atom. The maximum absolute atomic E-state index is 11.5. The molecule has 6 heteroatoms. The molecular weight excluding hydrogens is 263 g/mol. The predicted octanol–water partition coefficient (Wildman–Crippen LogP) is 2.22. The minimum absolute atomic E-state index is 0.297. The van der Waals surface area contributed by atoms with Gasteiger partial charge in [-0.05, 0) is 25.1 Å². The average molecular weight is 275 g/mol. The van der Waals surface area contributed by atoms with Gasteiger partial charge in [-0.1, -0.05) is 23.2 Å². The van der Waals surface area contributed by atoms with Gasteiger partial charge in [0.2, 0.25) is 11.8 Å². The summed E-state index contributed by atoms with van der Waals surface area (Å²) in [6.07, 6.45) is 0. The summed E-state index contributed by atoms with van der Waals surface area (Å²) in [5, 5.41) is 0.692. The quantitative estimate of drug-likeness (QED) is 0.919. The van der Waals surface area contributed by atoms with Crippen LogP contribution in [0.4, 0.5) is 5.69 Å². The van der Waals surface area contributed by atoms with Crippen LogP contribution in [0.5, 0.6) is 0 Å². The lowest BCUT2D eigenvalue weighted by Crippen LogP contribution is -2.45. The lowest BCUT2D eigenvalue weighted by atomic mass is 10.2. The van der Waals surface area contributed by atoms with Crippen molar-refractivity contribution in [1.29, 1.82) is 0 Å². The molecule has 2 amide bonds. The highest BCUT2D eigenvalue weighted by Crippen LogP contribution is 2.28. The van der Waals surface area contributed by atoms with Crippen LogP contribution in [0.25, 0.3) is 0 Å². The summed E-state index contributed by atoms with van der Waals surface area (Å²) in [4.78, 5) is 23.9. The number of hydrogen-bond acceptors (Lipinski definition) is 2. The molecule has 0 bridgehead atoms. The minimum Gasteiger partial charge on any atom is -0.368 e. The molecule has 92 valence electrons. The third kappa shape index (κ3) is 3.11. The Balaban J connectivity index is 3.19. The Kier molecular flexibility index (Phi) is 4.37. The van der Waals surface area contributed by atoms with Gasteiger partial charge in [0.25, 0.3) is 0 Å². The fourth-order valence-corrected chi connectivity index (χ4v) is 1.73. The van der Waals surface area contributed by atoms with Crippen molar-refractivity contribution in [3.05, 3.63) is 28.2 Å². The van der Waals surface area contributed by atoms with Gasteiger partial charge in [-0.2, -0.15) is 0 Å². The van der Waals surface area contributed by atoms with Crippen molar-refractivity contribution >= 4 is 40.7 Å². The van der Waals surface area contributed by atoms with E-state index in [1.807, 2.05) is 0 Å². The summed E-state index contributed by atoms with van der Waals surface area (Å²) in [5.74, 6) is -0.888. The number of halogens is 2. The number of benzene rings is 1. The second kappa shape index (κ2) is 5.38. The second-order valence-corrected chi connectivity index (χ2v) is 4.38. The summed E-state index contributed by atoms with van der Waals surface area (Å²) in [6.45, 7) is 2.90. The van der Waals surface area contributed by atoms with Crippen LogP contribution < -0.4 is 10.6 Å². The van der Waals surface area contributed by atoms with Crippen molar-refractivity contribution in [3.63, 3.8) is 0 Å². The molecule has 0 radical (unpaired) electrons. The van der Waals surface area contributed by atoms with E-state index in [9.17, 15) is 9.59 Å². The third-order valence-corrected chi connectivity index (χ3v) is 3.06. The van der Waals surface area contributed by atoms with Crippen LogP contribution in [0, 0.1) is 0 Å². The molecule has 0 saturated carbocycles. The molecule has 0 saturated heterocycles. The highest BCUT2D eigenvalue weighted by molar-refractivity contribution is 6.42. The number of nitrogens with zero attached hydrogens (tertiary/aromatic N) is 1. The molecule has 1 unspecified atom stereocenters. The van der Waals surface area contributed by atoms with E-state index in [2.05, 4.69) is 0 Å². The lowest BCUT2D eigenvalue weighted by Gasteiger charge is -2.26. The van der Waals surface area contributed by atoms with Crippen molar-refractivity contribution in [3.8, 4) is 0 Å². The zero-order chi connectivity index (χ0) is 13.2. The average Bonchev–Trinajstić information content (AvgIpc) is 2.22. The Morgan fingerprint density at radius 2 is 1.88 bits per heavy atom. The van der Waals surface area contributed by atoms with Gasteiger partial charge in [0.1, 0.15) is 6.04 Å². The van der Waals surface area contributed by atoms with Crippen LogP contribution >= 0.6 is 23.2 Å². The van der Waals surface area contributed by atoms with Gasteiger partial charge in [-0.3, -0.25) is 9.59 Å². The fourth-order valence-electron chi connectivity index (χ4n) is 1.44. The largest absolute Gasteiger partial charge is 0.368 e. The summed E-state index contributed by atoms with van der Waals surface area (Å²) >= 11 is 11.6. The maximum atomic E-state index is 11.5. The number of carbonyl (C=O) groups excluding carboxylic acids is 2. The van der Waals surface area contributed by atoms with Crippen molar-refractivity contribution in [2.75, 3.05) is 4.90 Å². The van der Waals surface area contributed by atoms with Gasteiger partial charge >= 0.3 is 0 Å². The number of rotatable bonds is 3. The van der Waals surface area contributed by atoms with E-state index < -0.39 is 11.9 Å². The summed E-state index contributed by atoms with van der Waals surface area (Å²) in [5.41, 5.74) is 5.67. The number of carbonyl (C=O) groups is 2. The molecule has 17 heavy (non-hydrogen) atoms. The third-order valence-electron chi connectivity index (χ3n) is 2.32. The van der Waals surface area contributed by atoms with Gasteiger partial charge in [-0.25, -0.2) is 0 Å². The molecule has 0 aliphatic rings. The zero-order valence-corrected chi connectivity index (χ0v) is 10.9. The van der Waals surface area contributed by atoms with Crippen LogP contribution in [0.3, 0.4) is 0 Å². The molecule has 0 spiro atoms. The zero-order valence-electron chi connectivity index (χ0n) is 9.41. The minimum atomic E-state index is -0.746. The predicted molar refractivity (Wildman–Crippen MR) is 68.3 cm³/mol. The molecule has 0 aliphatic carbocycles. The number of nitrogens with two attached hydrogens (primary N) is 1. The second-order valence-electron chi connectivity index (χ2n) is 3.57. The Bertz CT molecular complexity index is 463. The fraction of sp³-hybridized carbons (Fsp3) is 0.273. The molecule has 0 aliphatic heterocycles. The Labute approximate surface area is 109 Å². The number of hydrogen-bond donors (Lipinski definition) is 1. The van der Waals surface area contributed by atoms with Crippen LogP contribution in [-0.2, 0) is 9.59 Å². The molecular formula is C11H12Cl2N2O2.